The van der Waals surface area contributed by atoms with Crippen molar-refractivity contribution < 1.29 is 9.13 Å². The molecule has 1 aromatic carbocycles. The second-order valence-electron chi connectivity index (χ2n) is 5.42. The van der Waals surface area contributed by atoms with Crippen LogP contribution in [-0.2, 0) is 0 Å². The average molecular weight is 291 g/mol. The van der Waals surface area contributed by atoms with Crippen molar-refractivity contribution >= 4 is 0 Å². The third-order valence-electron chi connectivity index (χ3n) is 3.47. The monoisotopic (exact) mass is 291 g/mol. The lowest BCUT2D eigenvalue weighted by Crippen LogP contribution is -2.23. The maximum absolute atomic E-state index is 13.7. The van der Waals surface area contributed by atoms with Gasteiger partial charge < -0.3 is 10.1 Å². The van der Waals surface area contributed by atoms with Gasteiger partial charge in [0.1, 0.15) is 11.5 Å². The quantitative estimate of drug-likeness (QED) is 0.919. The summed E-state index contributed by atoms with van der Waals surface area (Å²) in [5, 5.41) is 7.62. The first-order chi connectivity index (χ1) is 9.97. The molecule has 1 aromatic heterocycles. The van der Waals surface area contributed by atoms with Crippen molar-refractivity contribution in [1.29, 1.82) is 0 Å². The van der Waals surface area contributed by atoms with E-state index in [-0.39, 0.29) is 17.9 Å². The first-order valence-electron chi connectivity index (χ1n) is 7.03. The molecule has 1 heterocycles. The van der Waals surface area contributed by atoms with Crippen molar-refractivity contribution in [2.75, 3.05) is 14.2 Å². The fourth-order valence-corrected chi connectivity index (χ4v) is 2.59. The third kappa shape index (κ3) is 3.08. The third-order valence-corrected chi connectivity index (χ3v) is 3.47. The van der Waals surface area contributed by atoms with Crippen molar-refractivity contribution in [3.63, 3.8) is 0 Å². The summed E-state index contributed by atoms with van der Waals surface area (Å²) in [4.78, 5) is 0. The highest BCUT2D eigenvalue weighted by Crippen LogP contribution is 2.32. The van der Waals surface area contributed by atoms with E-state index in [4.69, 9.17) is 4.74 Å². The molecule has 114 valence electrons. The van der Waals surface area contributed by atoms with Gasteiger partial charge in [-0.25, -0.2) is 4.39 Å². The summed E-state index contributed by atoms with van der Waals surface area (Å²) < 4.78 is 21.1. The fraction of sp³-hybridized carbons (Fsp3) is 0.438. The van der Waals surface area contributed by atoms with Crippen LogP contribution in [0.3, 0.4) is 0 Å². The Balaban J connectivity index is 2.57. The largest absolute Gasteiger partial charge is 0.493 e. The molecule has 0 spiro atoms. The van der Waals surface area contributed by atoms with Crippen molar-refractivity contribution in [3.8, 4) is 5.75 Å². The minimum Gasteiger partial charge on any atom is -0.493 e. The van der Waals surface area contributed by atoms with E-state index >= 15 is 0 Å². The van der Waals surface area contributed by atoms with E-state index in [0.717, 1.165) is 16.8 Å². The summed E-state index contributed by atoms with van der Waals surface area (Å²) in [6.45, 7) is 6.00. The zero-order valence-corrected chi connectivity index (χ0v) is 13.1. The first-order valence-corrected chi connectivity index (χ1v) is 7.03. The molecule has 0 aliphatic rings. The van der Waals surface area contributed by atoms with E-state index < -0.39 is 0 Å². The number of ether oxygens (including phenoxy) is 1. The lowest BCUT2D eigenvalue weighted by atomic mass is 10.0. The Kier molecular flexibility index (Phi) is 4.63. The van der Waals surface area contributed by atoms with Crippen LogP contribution in [0, 0.1) is 12.7 Å². The van der Waals surface area contributed by atoms with Gasteiger partial charge in [-0.15, -0.1) is 0 Å². The Hall–Kier alpha value is -1.88. The van der Waals surface area contributed by atoms with Crippen molar-refractivity contribution in [3.05, 3.63) is 47.0 Å². The van der Waals surface area contributed by atoms with Gasteiger partial charge in [0.25, 0.3) is 0 Å². The molecule has 0 saturated heterocycles. The molecule has 1 unspecified atom stereocenters. The van der Waals surface area contributed by atoms with Crippen LogP contribution in [-0.4, -0.2) is 23.9 Å². The number of methoxy groups -OCH3 is 1. The Morgan fingerprint density at radius 3 is 2.52 bits per heavy atom. The second kappa shape index (κ2) is 6.26. The van der Waals surface area contributed by atoms with Crippen molar-refractivity contribution in [2.24, 2.45) is 0 Å². The van der Waals surface area contributed by atoms with Gasteiger partial charge in [0.05, 0.1) is 19.3 Å². The SMILES string of the molecule is CNC(c1cc(C)cc(F)c1)c1c(OC)cnn1C(C)C. The number of aryl methyl sites for hydroxylation is 1. The molecule has 0 saturated carbocycles. The maximum atomic E-state index is 13.7. The molecular weight excluding hydrogens is 269 g/mol. The minimum absolute atomic E-state index is 0.181. The molecule has 0 bridgehead atoms. The van der Waals surface area contributed by atoms with Crippen LogP contribution in [0.25, 0.3) is 0 Å². The molecule has 0 aliphatic carbocycles. The zero-order chi connectivity index (χ0) is 15.6. The minimum atomic E-state index is -0.236. The van der Waals surface area contributed by atoms with Gasteiger partial charge in [0.2, 0.25) is 0 Å². The number of nitrogens with zero attached hydrogens (tertiary/aromatic N) is 2. The second-order valence-corrected chi connectivity index (χ2v) is 5.42. The van der Waals surface area contributed by atoms with E-state index in [9.17, 15) is 4.39 Å². The van der Waals surface area contributed by atoms with Crippen LogP contribution in [0.15, 0.2) is 24.4 Å². The molecular formula is C16H22FN3O. The number of rotatable bonds is 5. The van der Waals surface area contributed by atoms with E-state index in [1.54, 1.807) is 19.4 Å². The number of benzene rings is 1. The average Bonchev–Trinajstić information content (AvgIpc) is 2.82. The Labute approximate surface area is 124 Å². The molecule has 5 heteroatoms. The highest BCUT2D eigenvalue weighted by molar-refractivity contribution is 5.38. The smallest absolute Gasteiger partial charge is 0.161 e. The number of aromatic nitrogens is 2. The zero-order valence-electron chi connectivity index (χ0n) is 13.1. The molecule has 0 fully saturated rings. The predicted molar refractivity (Wildman–Crippen MR) is 81.2 cm³/mol. The van der Waals surface area contributed by atoms with Gasteiger partial charge in [0, 0.05) is 6.04 Å². The molecule has 0 amide bonds. The topological polar surface area (TPSA) is 39.1 Å². The molecule has 2 aromatic rings. The van der Waals surface area contributed by atoms with Gasteiger partial charge in [-0.05, 0) is 51.1 Å². The molecule has 1 atom stereocenters. The van der Waals surface area contributed by atoms with Crippen molar-refractivity contribution in [2.45, 2.75) is 32.9 Å². The van der Waals surface area contributed by atoms with Crippen LogP contribution in [0.2, 0.25) is 0 Å². The molecule has 21 heavy (non-hydrogen) atoms. The van der Waals surface area contributed by atoms with Crippen LogP contribution in [0.1, 0.15) is 42.8 Å². The molecule has 2 rings (SSSR count). The standard InChI is InChI=1S/C16H22FN3O/c1-10(2)20-16(14(21-5)9-19-20)15(18-4)12-6-11(3)7-13(17)8-12/h6-10,15,18H,1-5H3. The normalized spacial score (nSPS) is 12.7. The van der Waals surface area contributed by atoms with Crippen LogP contribution < -0.4 is 10.1 Å². The van der Waals surface area contributed by atoms with Crippen LogP contribution in [0.4, 0.5) is 4.39 Å². The summed E-state index contributed by atoms with van der Waals surface area (Å²) in [5.74, 6) is 0.463. The van der Waals surface area contributed by atoms with Gasteiger partial charge in [0.15, 0.2) is 5.75 Å². The lowest BCUT2D eigenvalue weighted by Gasteiger charge is -2.22. The van der Waals surface area contributed by atoms with Crippen molar-refractivity contribution in [1.82, 2.24) is 15.1 Å². The molecule has 0 aliphatic heterocycles. The molecule has 0 radical (unpaired) electrons. The highest BCUT2D eigenvalue weighted by Gasteiger charge is 2.24. The van der Waals surface area contributed by atoms with Crippen LogP contribution >= 0.6 is 0 Å². The van der Waals surface area contributed by atoms with E-state index in [0.29, 0.717) is 5.75 Å². The summed E-state index contributed by atoms with van der Waals surface area (Å²) in [6, 6.07) is 5.05. The molecule has 4 nitrogen and oxygen atoms in total. The van der Waals surface area contributed by atoms with E-state index in [1.165, 1.54) is 6.07 Å². The number of hydrogen-bond donors (Lipinski definition) is 1. The summed E-state index contributed by atoms with van der Waals surface area (Å²) in [5.41, 5.74) is 2.65. The number of hydrogen-bond acceptors (Lipinski definition) is 3. The summed E-state index contributed by atoms with van der Waals surface area (Å²) in [6.07, 6.45) is 1.70. The Bertz CT molecular complexity index is 602. The highest BCUT2D eigenvalue weighted by atomic mass is 19.1. The lowest BCUT2D eigenvalue weighted by molar-refractivity contribution is 0.396. The van der Waals surface area contributed by atoms with Gasteiger partial charge >= 0.3 is 0 Å². The van der Waals surface area contributed by atoms with Gasteiger partial charge in [-0.2, -0.15) is 5.10 Å². The van der Waals surface area contributed by atoms with Gasteiger partial charge in [-0.3, -0.25) is 4.68 Å². The van der Waals surface area contributed by atoms with Gasteiger partial charge in [-0.1, -0.05) is 6.07 Å². The van der Waals surface area contributed by atoms with E-state index in [1.807, 2.05) is 24.7 Å². The predicted octanol–water partition coefficient (Wildman–Crippen LogP) is 3.23. The fourth-order valence-electron chi connectivity index (χ4n) is 2.59. The number of halogens is 1. The summed E-state index contributed by atoms with van der Waals surface area (Å²) in [7, 11) is 3.47. The maximum Gasteiger partial charge on any atom is 0.161 e. The Morgan fingerprint density at radius 1 is 1.29 bits per heavy atom. The first kappa shape index (κ1) is 15.5. The van der Waals surface area contributed by atoms with Crippen LogP contribution in [0.5, 0.6) is 5.75 Å². The summed E-state index contributed by atoms with van der Waals surface area (Å²) >= 11 is 0. The number of nitrogens with one attached hydrogen (secondary N) is 1. The molecule has 1 N–H and O–H groups in total. The Morgan fingerprint density at radius 2 is 2.00 bits per heavy atom. The van der Waals surface area contributed by atoms with E-state index in [2.05, 4.69) is 24.3 Å².